The van der Waals surface area contributed by atoms with Gasteiger partial charge in [0.2, 0.25) is 0 Å². The van der Waals surface area contributed by atoms with Crippen molar-refractivity contribution in [2.45, 2.75) is 0 Å². The van der Waals surface area contributed by atoms with Gasteiger partial charge in [0.15, 0.2) is 34.9 Å². The van der Waals surface area contributed by atoms with E-state index in [1.54, 1.807) is 0 Å². The van der Waals surface area contributed by atoms with Crippen LogP contribution in [-0.2, 0) is 0 Å². The highest BCUT2D eigenvalue weighted by atomic mass is 15.1. The standard InChI is InChI=1S/C106H64N10/c1-3-30-67(31-4-1)101-107-103(80-47-25-37-65-28-9-12-39-74(65)80)111-105(109-101)83-46-19-24-53-91(83)115-95-55-27-54-94(98(95)85-61-69-34-7-8-35-70(69)63-96(85)115)113-87-49-20-17-44-79(87)84-60-71(56-58-92(84)113)72-57-59-93(86(62-72)106-110-102(68-32-5-2-6-33-68)108-104(112-106)81-48-26-38-66-29-10-13-40-75(66)81)114-90-52-23-18-45-82(90)99-97(114)64-73-36-11-14-41-76(73)100(99)116-88-50-21-15-42-77(88)78-43-16-22-51-89(78)116/h1-64H. The third-order valence-corrected chi connectivity index (χ3v) is 23.6. The summed E-state index contributed by atoms with van der Waals surface area (Å²) in [5.41, 5.74) is 20.1. The Balaban J connectivity index is 0.732. The van der Waals surface area contributed by atoms with Crippen molar-refractivity contribution < 1.29 is 0 Å². The van der Waals surface area contributed by atoms with E-state index in [1.165, 1.54) is 10.8 Å². The maximum absolute atomic E-state index is 5.71. The second-order valence-corrected chi connectivity index (χ2v) is 30.0. The largest absolute Gasteiger partial charge is 0.309 e. The Morgan fingerprint density at radius 2 is 0.534 bits per heavy atom. The van der Waals surface area contributed by atoms with E-state index in [9.17, 15) is 0 Å². The molecule has 0 fully saturated rings. The quantitative estimate of drug-likeness (QED) is 0.128. The first-order valence-electron chi connectivity index (χ1n) is 39.3. The minimum Gasteiger partial charge on any atom is -0.309 e. The van der Waals surface area contributed by atoms with Crippen LogP contribution in [0.2, 0.25) is 0 Å². The molecule has 18 aromatic carbocycles. The number of benzene rings is 18. The van der Waals surface area contributed by atoms with Gasteiger partial charge >= 0.3 is 0 Å². The fraction of sp³-hybridized carbons (Fsp3) is 0. The van der Waals surface area contributed by atoms with Crippen LogP contribution >= 0.6 is 0 Å². The van der Waals surface area contributed by atoms with Crippen molar-refractivity contribution in [2.75, 3.05) is 0 Å². The zero-order chi connectivity index (χ0) is 76.1. The van der Waals surface area contributed by atoms with Gasteiger partial charge in [-0.2, -0.15) is 0 Å². The molecule has 0 aliphatic rings. The van der Waals surface area contributed by atoms with E-state index in [0.29, 0.717) is 34.9 Å². The molecule has 6 aromatic heterocycles. The monoisotopic (exact) mass is 1480 g/mol. The molecule has 0 bridgehead atoms. The third-order valence-electron chi connectivity index (χ3n) is 23.6. The van der Waals surface area contributed by atoms with Gasteiger partial charge in [0.25, 0.3) is 0 Å². The molecule has 116 heavy (non-hydrogen) atoms. The van der Waals surface area contributed by atoms with Crippen LogP contribution in [0.15, 0.2) is 388 Å². The predicted molar refractivity (Wildman–Crippen MR) is 479 cm³/mol. The molecule has 538 valence electrons. The molecule has 24 rings (SSSR count). The number of fused-ring (bicyclic) bond motifs is 16. The summed E-state index contributed by atoms with van der Waals surface area (Å²) in [7, 11) is 0. The lowest BCUT2D eigenvalue weighted by atomic mass is 9.98. The number of aromatic nitrogens is 10. The van der Waals surface area contributed by atoms with Crippen molar-refractivity contribution in [1.82, 2.24) is 48.2 Å². The lowest BCUT2D eigenvalue weighted by Crippen LogP contribution is -2.04. The maximum Gasteiger partial charge on any atom is 0.166 e. The first kappa shape index (κ1) is 65.0. The second kappa shape index (κ2) is 25.9. The van der Waals surface area contributed by atoms with Crippen molar-refractivity contribution in [3.63, 3.8) is 0 Å². The Hall–Kier alpha value is -15.8. The fourth-order valence-electron chi connectivity index (χ4n) is 18.5. The van der Waals surface area contributed by atoms with E-state index in [0.717, 1.165) is 187 Å². The molecule has 0 unspecified atom stereocenters. The Morgan fingerprint density at radius 3 is 1.16 bits per heavy atom. The van der Waals surface area contributed by atoms with Gasteiger partial charge in [-0.15, -0.1) is 0 Å². The molecule has 0 atom stereocenters. The number of para-hydroxylation sites is 5. The highest BCUT2D eigenvalue weighted by Crippen LogP contribution is 2.49. The van der Waals surface area contributed by atoms with Gasteiger partial charge < -0.3 is 18.3 Å². The summed E-state index contributed by atoms with van der Waals surface area (Å²) >= 11 is 0. The van der Waals surface area contributed by atoms with E-state index < -0.39 is 0 Å². The number of hydrogen-bond acceptors (Lipinski definition) is 6. The average molecular weight is 1480 g/mol. The smallest absolute Gasteiger partial charge is 0.166 e. The molecule has 6 heterocycles. The van der Waals surface area contributed by atoms with Crippen LogP contribution in [0.4, 0.5) is 0 Å². The Morgan fingerprint density at radius 1 is 0.155 bits per heavy atom. The first-order chi connectivity index (χ1) is 57.5. The fourth-order valence-corrected chi connectivity index (χ4v) is 18.5. The Kier molecular flexibility index (Phi) is 14.5. The zero-order valence-electron chi connectivity index (χ0n) is 62.4. The Bertz CT molecular complexity index is 8170. The van der Waals surface area contributed by atoms with E-state index >= 15 is 0 Å². The SMILES string of the molecule is c1ccc(-c2nc(-c3ccccc3-n3c4cc5ccccc5cc4c4c(-n5c6ccccc6c6cc(-c7ccc(-n8c9ccccc9c9c(-n%10c%11ccccc%11c%11ccccc%11%10)c%10ccccc%10cc98)c(-c8nc(-c9ccccc9)nc(-c9cccc%10ccccc9%10)n8)c7)ccc65)cccc43)nc(-c3cccc4ccccc34)n2)cc1. The number of hydrogen-bond donors (Lipinski definition) is 0. The van der Waals surface area contributed by atoms with Gasteiger partial charge in [-0.1, -0.05) is 297 Å². The lowest BCUT2D eigenvalue weighted by molar-refractivity contribution is 1.07. The van der Waals surface area contributed by atoms with Crippen LogP contribution in [0, 0.1) is 0 Å². The van der Waals surface area contributed by atoms with Crippen LogP contribution in [0.25, 0.3) is 233 Å². The molecule has 0 N–H and O–H groups in total. The summed E-state index contributed by atoms with van der Waals surface area (Å²) in [6, 6.07) is 140. The van der Waals surface area contributed by atoms with Crippen LogP contribution in [0.3, 0.4) is 0 Å². The van der Waals surface area contributed by atoms with Crippen molar-refractivity contribution in [1.29, 1.82) is 0 Å². The molecular weight excluding hydrogens is 1410 g/mol. The summed E-state index contributed by atoms with van der Waals surface area (Å²) < 4.78 is 9.88. The topological polar surface area (TPSA) is 97.1 Å². The van der Waals surface area contributed by atoms with Crippen molar-refractivity contribution >= 4 is 130 Å². The predicted octanol–water partition coefficient (Wildman–Crippen LogP) is 26.7. The van der Waals surface area contributed by atoms with Crippen LogP contribution in [0.1, 0.15) is 0 Å². The molecule has 0 aliphatic heterocycles. The second-order valence-electron chi connectivity index (χ2n) is 30.0. The summed E-state index contributed by atoms with van der Waals surface area (Å²) in [6.07, 6.45) is 0. The molecule has 24 aromatic rings. The minimum absolute atomic E-state index is 0.546. The highest BCUT2D eigenvalue weighted by Gasteiger charge is 2.29. The van der Waals surface area contributed by atoms with E-state index in [2.05, 4.69) is 382 Å². The van der Waals surface area contributed by atoms with Gasteiger partial charge in [0.05, 0.1) is 66.9 Å². The summed E-state index contributed by atoms with van der Waals surface area (Å²) in [5.74, 6) is 3.48. The van der Waals surface area contributed by atoms with Gasteiger partial charge in [-0.3, -0.25) is 0 Å². The molecule has 10 nitrogen and oxygen atoms in total. The van der Waals surface area contributed by atoms with Crippen molar-refractivity contribution in [3.8, 4) is 102 Å². The molecule has 0 amide bonds. The van der Waals surface area contributed by atoms with Gasteiger partial charge in [0.1, 0.15) is 0 Å². The molecular formula is C106H64N10. The summed E-state index contributed by atoms with van der Waals surface area (Å²) in [4.78, 5) is 32.9. The van der Waals surface area contributed by atoms with Gasteiger partial charge in [-0.25, -0.2) is 29.9 Å². The van der Waals surface area contributed by atoms with Crippen LogP contribution in [-0.4, -0.2) is 48.2 Å². The number of rotatable bonds is 11. The van der Waals surface area contributed by atoms with Crippen LogP contribution in [0.5, 0.6) is 0 Å². The van der Waals surface area contributed by atoms with E-state index in [-0.39, 0.29) is 0 Å². The normalized spacial score (nSPS) is 12.0. The maximum atomic E-state index is 5.71. The van der Waals surface area contributed by atoms with Gasteiger partial charge in [0, 0.05) is 81.9 Å². The van der Waals surface area contributed by atoms with Crippen LogP contribution < -0.4 is 0 Å². The minimum atomic E-state index is 0.546. The van der Waals surface area contributed by atoms with Crippen molar-refractivity contribution in [3.05, 3.63) is 388 Å². The highest BCUT2D eigenvalue weighted by molar-refractivity contribution is 6.24. The third kappa shape index (κ3) is 10.1. The molecule has 0 saturated carbocycles. The molecule has 0 spiro atoms. The summed E-state index contributed by atoms with van der Waals surface area (Å²) in [5, 5.41) is 18.1. The molecule has 0 saturated heterocycles. The van der Waals surface area contributed by atoms with E-state index in [1.807, 2.05) is 24.3 Å². The average Bonchev–Trinajstić information content (AvgIpc) is 1.54. The zero-order valence-corrected chi connectivity index (χ0v) is 62.4. The Labute approximate surface area is 664 Å². The molecule has 0 radical (unpaired) electrons. The number of nitrogens with zero attached hydrogens (tertiary/aromatic N) is 10. The van der Waals surface area contributed by atoms with Crippen molar-refractivity contribution in [2.24, 2.45) is 0 Å². The van der Waals surface area contributed by atoms with Gasteiger partial charge in [-0.05, 0) is 140 Å². The lowest BCUT2D eigenvalue weighted by Gasteiger charge is -2.18. The summed E-state index contributed by atoms with van der Waals surface area (Å²) in [6.45, 7) is 0. The molecule has 10 heteroatoms. The van der Waals surface area contributed by atoms with E-state index in [4.69, 9.17) is 29.9 Å². The molecule has 0 aliphatic carbocycles. The first-order valence-corrected chi connectivity index (χ1v) is 39.3.